The molecule has 0 aliphatic rings. The van der Waals surface area contributed by atoms with Gasteiger partial charge in [0.25, 0.3) is 0 Å². The molecule has 0 bridgehead atoms. The molecule has 0 spiro atoms. The molecule has 144 valence electrons. The standard InChI is InChI=1S/C22H29N3O2/c1-7-25(8-2)18-9-10-19(15(4)13-18)23-21(26)22(27)24-20-16(5)11-14(3)12-17(20)6/h9-13H,7-8H2,1-6H3,(H,23,26)(H,24,27). The molecule has 0 aliphatic heterocycles. The number of hydrogen-bond donors (Lipinski definition) is 2. The number of nitrogens with zero attached hydrogens (tertiary/aromatic N) is 1. The van der Waals surface area contributed by atoms with E-state index in [-0.39, 0.29) is 0 Å². The molecule has 2 aromatic carbocycles. The molecular weight excluding hydrogens is 338 g/mol. The van der Waals surface area contributed by atoms with E-state index < -0.39 is 11.8 Å². The van der Waals surface area contributed by atoms with Crippen LogP contribution in [0.2, 0.25) is 0 Å². The van der Waals surface area contributed by atoms with E-state index in [4.69, 9.17) is 0 Å². The van der Waals surface area contributed by atoms with E-state index in [0.717, 1.165) is 41.0 Å². The van der Waals surface area contributed by atoms with Gasteiger partial charge in [0.05, 0.1) is 0 Å². The maximum Gasteiger partial charge on any atom is 0.314 e. The van der Waals surface area contributed by atoms with Gasteiger partial charge in [0.1, 0.15) is 0 Å². The lowest BCUT2D eigenvalue weighted by atomic mass is 10.1. The van der Waals surface area contributed by atoms with Crippen LogP contribution in [-0.4, -0.2) is 24.9 Å². The Morgan fingerprint density at radius 2 is 1.37 bits per heavy atom. The van der Waals surface area contributed by atoms with E-state index in [0.29, 0.717) is 11.4 Å². The van der Waals surface area contributed by atoms with Crippen molar-refractivity contribution in [2.75, 3.05) is 28.6 Å². The van der Waals surface area contributed by atoms with Gasteiger partial charge in [-0.25, -0.2) is 0 Å². The highest BCUT2D eigenvalue weighted by molar-refractivity contribution is 6.43. The lowest BCUT2D eigenvalue weighted by molar-refractivity contribution is -0.133. The zero-order valence-electron chi connectivity index (χ0n) is 17.1. The van der Waals surface area contributed by atoms with Crippen molar-refractivity contribution in [2.45, 2.75) is 41.5 Å². The number of anilines is 3. The van der Waals surface area contributed by atoms with Crippen LogP contribution in [0.25, 0.3) is 0 Å². The molecule has 0 radical (unpaired) electrons. The van der Waals surface area contributed by atoms with Gasteiger partial charge in [-0.15, -0.1) is 0 Å². The van der Waals surface area contributed by atoms with E-state index in [9.17, 15) is 9.59 Å². The summed E-state index contributed by atoms with van der Waals surface area (Å²) in [6, 6.07) is 9.79. The van der Waals surface area contributed by atoms with Gasteiger partial charge in [-0.05, 0) is 76.4 Å². The average Bonchev–Trinajstić information content (AvgIpc) is 2.61. The van der Waals surface area contributed by atoms with Crippen LogP contribution in [0.3, 0.4) is 0 Å². The van der Waals surface area contributed by atoms with Gasteiger partial charge in [-0.1, -0.05) is 17.7 Å². The van der Waals surface area contributed by atoms with E-state index in [1.165, 1.54) is 0 Å². The Labute approximate surface area is 161 Å². The van der Waals surface area contributed by atoms with Crippen LogP contribution in [0.1, 0.15) is 36.1 Å². The summed E-state index contributed by atoms with van der Waals surface area (Å²) in [5.41, 5.74) is 6.35. The predicted octanol–water partition coefficient (Wildman–Crippen LogP) is 4.34. The smallest absolute Gasteiger partial charge is 0.314 e. The fourth-order valence-corrected chi connectivity index (χ4v) is 3.30. The molecule has 27 heavy (non-hydrogen) atoms. The van der Waals surface area contributed by atoms with Gasteiger partial charge in [0.2, 0.25) is 0 Å². The van der Waals surface area contributed by atoms with Crippen molar-refractivity contribution in [3.05, 3.63) is 52.6 Å². The molecule has 2 aromatic rings. The molecule has 5 nitrogen and oxygen atoms in total. The number of carbonyl (C=O) groups is 2. The van der Waals surface area contributed by atoms with Crippen molar-refractivity contribution in [1.82, 2.24) is 0 Å². The first-order valence-corrected chi connectivity index (χ1v) is 9.32. The second-order valence-corrected chi connectivity index (χ2v) is 6.85. The first-order chi connectivity index (χ1) is 12.8. The fraction of sp³-hybridized carbons (Fsp3) is 0.364. The molecule has 0 unspecified atom stereocenters. The van der Waals surface area contributed by atoms with E-state index in [1.807, 2.05) is 58.0 Å². The highest BCUT2D eigenvalue weighted by Crippen LogP contribution is 2.24. The van der Waals surface area contributed by atoms with Crippen LogP contribution < -0.4 is 15.5 Å². The topological polar surface area (TPSA) is 61.4 Å². The summed E-state index contributed by atoms with van der Waals surface area (Å²) in [6.07, 6.45) is 0. The molecule has 0 aliphatic carbocycles. The van der Waals surface area contributed by atoms with Gasteiger partial charge in [-0.2, -0.15) is 0 Å². The van der Waals surface area contributed by atoms with Gasteiger partial charge in [0.15, 0.2) is 0 Å². The fourth-order valence-electron chi connectivity index (χ4n) is 3.30. The first kappa shape index (κ1) is 20.5. The number of carbonyl (C=O) groups excluding carboxylic acids is 2. The van der Waals surface area contributed by atoms with Crippen LogP contribution in [0.4, 0.5) is 17.1 Å². The second kappa shape index (κ2) is 8.71. The first-order valence-electron chi connectivity index (χ1n) is 9.32. The third-order valence-electron chi connectivity index (χ3n) is 4.71. The molecule has 2 rings (SSSR count). The number of aryl methyl sites for hydroxylation is 4. The Bertz CT molecular complexity index is 832. The number of amides is 2. The lowest BCUT2D eigenvalue weighted by Gasteiger charge is -2.22. The van der Waals surface area contributed by atoms with E-state index in [1.54, 1.807) is 0 Å². The SMILES string of the molecule is CCN(CC)c1ccc(NC(=O)C(=O)Nc2c(C)cc(C)cc2C)c(C)c1. The summed E-state index contributed by atoms with van der Waals surface area (Å²) in [4.78, 5) is 26.9. The van der Waals surface area contributed by atoms with Crippen molar-refractivity contribution in [3.63, 3.8) is 0 Å². The Morgan fingerprint density at radius 1 is 0.815 bits per heavy atom. The zero-order valence-corrected chi connectivity index (χ0v) is 17.1. The number of nitrogens with one attached hydrogen (secondary N) is 2. The van der Waals surface area contributed by atoms with Crippen molar-refractivity contribution in [3.8, 4) is 0 Å². The molecule has 0 aromatic heterocycles. The molecule has 0 fully saturated rings. The molecule has 0 atom stereocenters. The molecule has 0 saturated carbocycles. The van der Waals surface area contributed by atoms with Crippen LogP contribution in [-0.2, 0) is 9.59 Å². The molecule has 0 saturated heterocycles. The summed E-state index contributed by atoms with van der Waals surface area (Å²) in [5, 5.41) is 5.45. The maximum absolute atomic E-state index is 12.4. The summed E-state index contributed by atoms with van der Waals surface area (Å²) in [6.45, 7) is 13.8. The number of hydrogen-bond acceptors (Lipinski definition) is 3. The Morgan fingerprint density at radius 3 is 1.89 bits per heavy atom. The van der Waals surface area contributed by atoms with Crippen LogP contribution in [0.15, 0.2) is 30.3 Å². The summed E-state index contributed by atoms with van der Waals surface area (Å²) in [5.74, 6) is -1.34. The van der Waals surface area contributed by atoms with Gasteiger partial charge in [0, 0.05) is 30.2 Å². The Kier molecular flexibility index (Phi) is 6.61. The molecule has 0 heterocycles. The molecular formula is C22H29N3O2. The second-order valence-electron chi connectivity index (χ2n) is 6.85. The third-order valence-corrected chi connectivity index (χ3v) is 4.71. The lowest BCUT2D eigenvalue weighted by Crippen LogP contribution is -2.30. The highest BCUT2D eigenvalue weighted by Gasteiger charge is 2.17. The summed E-state index contributed by atoms with van der Waals surface area (Å²) < 4.78 is 0. The van der Waals surface area contributed by atoms with Crippen LogP contribution in [0, 0.1) is 27.7 Å². The number of rotatable bonds is 5. The Hall–Kier alpha value is -2.82. The maximum atomic E-state index is 12.4. The average molecular weight is 367 g/mol. The van der Waals surface area contributed by atoms with Gasteiger partial charge >= 0.3 is 11.8 Å². The van der Waals surface area contributed by atoms with E-state index in [2.05, 4.69) is 29.4 Å². The monoisotopic (exact) mass is 367 g/mol. The van der Waals surface area contributed by atoms with E-state index >= 15 is 0 Å². The largest absolute Gasteiger partial charge is 0.372 e. The van der Waals surface area contributed by atoms with Crippen LogP contribution >= 0.6 is 0 Å². The minimum Gasteiger partial charge on any atom is -0.372 e. The van der Waals surface area contributed by atoms with Crippen molar-refractivity contribution < 1.29 is 9.59 Å². The minimum absolute atomic E-state index is 0.642. The zero-order chi connectivity index (χ0) is 20.1. The normalized spacial score (nSPS) is 10.4. The van der Waals surface area contributed by atoms with Crippen LogP contribution in [0.5, 0.6) is 0 Å². The predicted molar refractivity (Wildman–Crippen MR) is 113 cm³/mol. The summed E-state index contributed by atoms with van der Waals surface area (Å²) >= 11 is 0. The highest BCUT2D eigenvalue weighted by atomic mass is 16.2. The van der Waals surface area contributed by atoms with Gasteiger partial charge < -0.3 is 15.5 Å². The molecule has 2 amide bonds. The minimum atomic E-state index is -0.673. The quantitative estimate of drug-likeness (QED) is 0.773. The summed E-state index contributed by atoms with van der Waals surface area (Å²) in [7, 11) is 0. The Balaban J connectivity index is 2.12. The van der Waals surface area contributed by atoms with Crippen molar-refractivity contribution in [1.29, 1.82) is 0 Å². The third kappa shape index (κ3) is 4.88. The number of benzene rings is 2. The van der Waals surface area contributed by atoms with Crippen molar-refractivity contribution >= 4 is 28.9 Å². The molecule has 5 heteroatoms. The molecule has 2 N–H and O–H groups in total. The van der Waals surface area contributed by atoms with Gasteiger partial charge in [-0.3, -0.25) is 9.59 Å². The van der Waals surface area contributed by atoms with Crippen molar-refractivity contribution in [2.24, 2.45) is 0 Å².